The minimum atomic E-state index is 0.0708. The molecule has 0 bridgehead atoms. The van der Waals surface area contributed by atoms with E-state index in [1.165, 1.54) is 64.2 Å². The molecule has 1 aromatic heterocycles. The van der Waals surface area contributed by atoms with Gasteiger partial charge < -0.3 is 10.6 Å². The van der Waals surface area contributed by atoms with Crippen LogP contribution in [0, 0.1) is 35.5 Å². The zero-order valence-corrected chi connectivity index (χ0v) is 19.4. The van der Waals surface area contributed by atoms with Gasteiger partial charge in [0.2, 0.25) is 11.8 Å². The summed E-state index contributed by atoms with van der Waals surface area (Å²) in [5.41, 5.74) is 0.642. The van der Waals surface area contributed by atoms with E-state index in [1.54, 1.807) is 6.20 Å². The molecule has 174 valence electrons. The number of carbonyl (C=O) groups excluding carboxylic acids is 2. The molecule has 2 amide bonds. The Labute approximate surface area is 192 Å². The van der Waals surface area contributed by atoms with Crippen molar-refractivity contribution in [3.8, 4) is 0 Å². The van der Waals surface area contributed by atoms with Gasteiger partial charge >= 0.3 is 0 Å². The van der Waals surface area contributed by atoms with Crippen molar-refractivity contribution < 1.29 is 9.59 Å². The first kappa shape index (κ1) is 21.9. The average molecular weight is 438 g/mol. The number of rotatable bonds is 4. The molecule has 32 heavy (non-hydrogen) atoms. The molecule has 1 aromatic rings. The van der Waals surface area contributed by atoms with Crippen LogP contribution >= 0.6 is 0 Å². The number of carbonyl (C=O) groups is 2. The van der Waals surface area contributed by atoms with Crippen molar-refractivity contribution in [1.29, 1.82) is 0 Å². The maximum Gasteiger partial charge on any atom is 0.228 e. The lowest BCUT2D eigenvalue weighted by atomic mass is 9.67. The number of pyridine rings is 1. The summed E-state index contributed by atoms with van der Waals surface area (Å²) < 4.78 is 0. The lowest BCUT2D eigenvalue weighted by Crippen LogP contribution is -2.35. The van der Waals surface area contributed by atoms with Crippen molar-refractivity contribution in [2.24, 2.45) is 35.5 Å². The number of nitrogens with one attached hydrogen (secondary N) is 2. The quantitative estimate of drug-likeness (QED) is 0.591. The van der Waals surface area contributed by atoms with E-state index in [9.17, 15) is 9.59 Å². The van der Waals surface area contributed by atoms with Crippen molar-refractivity contribution in [1.82, 2.24) is 4.98 Å². The smallest absolute Gasteiger partial charge is 0.228 e. The van der Waals surface area contributed by atoms with Crippen LogP contribution in [-0.4, -0.2) is 16.8 Å². The Kier molecular flexibility index (Phi) is 6.80. The van der Waals surface area contributed by atoms with Crippen LogP contribution in [0.2, 0.25) is 0 Å². The van der Waals surface area contributed by atoms with Crippen LogP contribution in [0.1, 0.15) is 89.9 Å². The minimum absolute atomic E-state index is 0.0708. The minimum Gasteiger partial charge on any atom is -0.323 e. The Morgan fingerprint density at radius 1 is 0.688 bits per heavy atom. The van der Waals surface area contributed by atoms with Crippen LogP contribution < -0.4 is 10.6 Å². The summed E-state index contributed by atoms with van der Waals surface area (Å²) in [7, 11) is 0. The summed E-state index contributed by atoms with van der Waals surface area (Å²) in [5, 5.41) is 6.18. The SMILES string of the molecule is O=C(Nc1cccnc1NC(=O)C1CCC2CCCCC2C1)C1CCC2CCCCC2C1. The second kappa shape index (κ2) is 9.93. The average Bonchev–Trinajstić information content (AvgIpc) is 2.84. The summed E-state index contributed by atoms with van der Waals surface area (Å²) in [6, 6.07) is 3.70. The molecule has 0 aliphatic heterocycles. The fourth-order valence-corrected chi connectivity index (χ4v) is 7.28. The number of hydrogen-bond acceptors (Lipinski definition) is 3. The standard InChI is InChI=1S/C27H39N3O2/c31-26(22-13-11-18-6-1-3-8-20(18)16-22)29-24-10-5-15-28-25(24)30-27(32)23-14-12-19-7-2-4-9-21(19)17-23/h5,10,15,18-23H,1-4,6-9,11-14,16-17H2,(H,29,31)(H,28,30,32). The van der Waals surface area contributed by atoms with Gasteiger partial charge in [0.05, 0.1) is 5.69 Å². The molecule has 0 saturated heterocycles. The highest BCUT2D eigenvalue weighted by Crippen LogP contribution is 2.44. The highest BCUT2D eigenvalue weighted by molar-refractivity contribution is 5.99. The molecule has 2 N–H and O–H groups in total. The monoisotopic (exact) mass is 437 g/mol. The highest BCUT2D eigenvalue weighted by atomic mass is 16.2. The van der Waals surface area contributed by atoms with Gasteiger partial charge in [0.15, 0.2) is 5.82 Å². The molecule has 0 aromatic carbocycles. The van der Waals surface area contributed by atoms with E-state index in [1.807, 2.05) is 12.1 Å². The molecular formula is C27H39N3O2. The van der Waals surface area contributed by atoms with E-state index in [0.717, 1.165) is 43.4 Å². The molecule has 1 heterocycles. The molecule has 6 unspecified atom stereocenters. The third kappa shape index (κ3) is 4.87. The molecule has 0 spiro atoms. The van der Waals surface area contributed by atoms with Crippen molar-refractivity contribution in [2.75, 3.05) is 10.6 Å². The van der Waals surface area contributed by atoms with Gasteiger partial charge in [0, 0.05) is 18.0 Å². The maximum atomic E-state index is 13.1. The van der Waals surface area contributed by atoms with Crippen molar-refractivity contribution in [3.05, 3.63) is 18.3 Å². The van der Waals surface area contributed by atoms with E-state index < -0.39 is 0 Å². The number of aromatic nitrogens is 1. The summed E-state index contributed by atoms with van der Waals surface area (Å²) in [4.78, 5) is 30.6. The Bertz CT molecular complexity index is 758. The van der Waals surface area contributed by atoms with E-state index in [0.29, 0.717) is 17.4 Å². The van der Waals surface area contributed by atoms with Gasteiger partial charge in [-0.1, -0.05) is 51.4 Å². The fourth-order valence-electron chi connectivity index (χ4n) is 7.28. The van der Waals surface area contributed by atoms with Crippen molar-refractivity contribution in [2.45, 2.75) is 89.9 Å². The van der Waals surface area contributed by atoms with Gasteiger partial charge in [-0.25, -0.2) is 4.98 Å². The Balaban J connectivity index is 1.19. The van der Waals surface area contributed by atoms with E-state index >= 15 is 0 Å². The molecule has 5 rings (SSSR count). The van der Waals surface area contributed by atoms with Crippen LogP contribution in [0.25, 0.3) is 0 Å². The molecule has 5 nitrogen and oxygen atoms in total. The second-order valence-corrected chi connectivity index (χ2v) is 11.0. The summed E-state index contributed by atoms with van der Waals surface area (Å²) in [5.74, 6) is 3.93. The molecule has 6 atom stereocenters. The zero-order chi connectivity index (χ0) is 21.9. The van der Waals surface area contributed by atoms with E-state index in [-0.39, 0.29) is 23.7 Å². The molecule has 4 aliphatic rings. The topological polar surface area (TPSA) is 71.1 Å². The molecule has 4 aliphatic carbocycles. The Morgan fingerprint density at radius 2 is 1.22 bits per heavy atom. The van der Waals surface area contributed by atoms with E-state index in [4.69, 9.17) is 0 Å². The van der Waals surface area contributed by atoms with Crippen LogP contribution in [0.5, 0.6) is 0 Å². The lowest BCUT2D eigenvalue weighted by molar-refractivity contribution is -0.123. The Morgan fingerprint density at radius 3 is 1.81 bits per heavy atom. The van der Waals surface area contributed by atoms with Crippen LogP contribution in [0.3, 0.4) is 0 Å². The predicted octanol–water partition coefficient (Wildman–Crippen LogP) is 6.17. The summed E-state index contributed by atoms with van der Waals surface area (Å²) in [6.07, 6.45) is 18.7. The fraction of sp³-hybridized carbons (Fsp3) is 0.741. The van der Waals surface area contributed by atoms with Gasteiger partial charge in [-0.2, -0.15) is 0 Å². The Hall–Kier alpha value is -1.91. The highest BCUT2D eigenvalue weighted by Gasteiger charge is 2.36. The number of anilines is 2. The zero-order valence-electron chi connectivity index (χ0n) is 19.4. The van der Waals surface area contributed by atoms with Crippen LogP contribution in [0.15, 0.2) is 18.3 Å². The molecule has 4 saturated carbocycles. The number of nitrogens with zero attached hydrogens (tertiary/aromatic N) is 1. The van der Waals surface area contributed by atoms with Crippen molar-refractivity contribution in [3.63, 3.8) is 0 Å². The van der Waals surface area contributed by atoms with Gasteiger partial charge in [-0.05, 0) is 74.3 Å². The molecule has 4 fully saturated rings. The number of hydrogen-bond donors (Lipinski definition) is 2. The van der Waals surface area contributed by atoms with Gasteiger partial charge in [-0.15, -0.1) is 0 Å². The largest absolute Gasteiger partial charge is 0.323 e. The molecule has 0 radical (unpaired) electrons. The number of amides is 2. The predicted molar refractivity (Wildman–Crippen MR) is 127 cm³/mol. The lowest BCUT2D eigenvalue weighted by Gasteiger charge is -2.39. The second-order valence-electron chi connectivity index (χ2n) is 11.0. The first-order chi connectivity index (χ1) is 15.7. The normalized spacial score (nSPS) is 34.6. The van der Waals surface area contributed by atoms with Crippen molar-refractivity contribution >= 4 is 23.3 Å². The third-order valence-corrected chi connectivity index (χ3v) is 9.13. The van der Waals surface area contributed by atoms with Crippen LogP contribution in [-0.2, 0) is 9.59 Å². The van der Waals surface area contributed by atoms with Gasteiger partial charge in [0.1, 0.15) is 0 Å². The van der Waals surface area contributed by atoms with Gasteiger partial charge in [0.25, 0.3) is 0 Å². The van der Waals surface area contributed by atoms with Crippen LogP contribution in [0.4, 0.5) is 11.5 Å². The first-order valence-electron chi connectivity index (χ1n) is 13.2. The molecular weight excluding hydrogens is 398 g/mol. The summed E-state index contributed by atoms with van der Waals surface area (Å²) >= 11 is 0. The number of fused-ring (bicyclic) bond motifs is 2. The summed E-state index contributed by atoms with van der Waals surface area (Å²) in [6.45, 7) is 0. The van der Waals surface area contributed by atoms with Gasteiger partial charge in [-0.3, -0.25) is 9.59 Å². The van der Waals surface area contributed by atoms with E-state index in [2.05, 4.69) is 15.6 Å². The first-order valence-corrected chi connectivity index (χ1v) is 13.2. The molecule has 5 heteroatoms. The third-order valence-electron chi connectivity index (χ3n) is 9.13. The maximum absolute atomic E-state index is 13.1.